The van der Waals surface area contributed by atoms with E-state index in [0.717, 1.165) is 17.1 Å². The van der Waals surface area contributed by atoms with Gasteiger partial charge in [0.05, 0.1) is 36.4 Å². The van der Waals surface area contributed by atoms with Crippen molar-refractivity contribution in [3.8, 4) is 5.69 Å². The van der Waals surface area contributed by atoms with Gasteiger partial charge in [-0.25, -0.2) is 9.07 Å². The van der Waals surface area contributed by atoms with Crippen LogP contribution in [0, 0.1) is 6.92 Å². The van der Waals surface area contributed by atoms with E-state index in [1.807, 2.05) is 23.0 Å². The van der Waals surface area contributed by atoms with Crippen molar-refractivity contribution in [1.82, 2.24) is 9.78 Å². The highest BCUT2D eigenvalue weighted by atomic mass is 19.1. The zero-order valence-electron chi connectivity index (χ0n) is 12.2. The molecule has 20 heavy (non-hydrogen) atoms. The molecule has 1 fully saturated rings. The summed E-state index contributed by atoms with van der Waals surface area (Å²) in [6.45, 7) is 7.29. The molecule has 1 aliphatic rings. The molecule has 0 unspecified atom stereocenters. The first-order valence-electron chi connectivity index (χ1n) is 7.10. The number of aromatic nitrogens is 2. The molecule has 2 aromatic rings. The van der Waals surface area contributed by atoms with Gasteiger partial charge in [0.1, 0.15) is 6.17 Å². The van der Waals surface area contributed by atoms with Crippen LogP contribution < -0.4 is 4.90 Å². The van der Waals surface area contributed by atoms with Crippen LogP contribution in [0.25, 0.3) is 5.69 Å². The molecular weight excluding hydrogens is 253 g/mol. The van der Waals surface area contributed by atoms with Crippen molar-refractivity contribution in [2.75, 3.05) is 18.0 Å². The third-order valence-electron chi connectivity index (χ3n) is 3.71. The van der Waals surface area contributed by atoms with E-state index in [0.29, 0.717) is 19.0 Å². The fraction of sp³-hybridized carbons (Fsp3) is 0.438. The molecule has 1 aromatic carbocycles. The molecule has 3 nitrogen and oxygen atoms in total. The summed E-state index contributed by atoms with van der Waals surface area (Å²) in [5, 5.41) is 4.70. The maximum atomic E-state index is 13.1. The number of alkyl halides is 1. The van der Waals surface area contributed by atoms with E-state index < -0.39 is 6.17 Å². The molecule has 1 saturated heterocycles. The number of nitrogens with zero attached hydrogens (tertiary/aromatic N) is 3. The quantitative estimate of drug-likeness (QED) is 0.854. The predicted molar refractivity (Wildman–Crippen MR) is 79.5 cm³/mol. The lowest BCUT2D eigenvalue weighted by atomic mass is 10.1. The Morgan fingerprint density at radius 1 is 1.30 bits per heavy atom. The highest BCUT2D eigenvalue weighted by molar-refractivity contribution is 5.55. The maximum Gasteiger partial charge on any atom is 0.135 e. The van der Waals surface area contributed by atoms with Crippen LogP contribution >= 0.6 is 0 Å². The third-order valence-corrected chi connectivity index (χ3v) is 3.71. The lowest BCUT2D eigenvalue weighted by Gasteiger charge is -2.36. The topological polar surface area (TPSA) is 21.1 Å². The van der Waals surface area contributed by atoms with Gasteiger partial charge in [0, 0.05) is 0 Å². The van der Waals surface area contributed by atoms with Gasteiger partial charge in [-0.15, -0.1) is 0 Å². The van der Waals surface area contributed by atoms with Gasteiger partial charge in [-0.05, 0) is 30.5 Å². The first-order valence-corrected chi connectivity index (χ1v) is 7.10. The van der Waals surface area contributed by atoms with E-state index in [1.54, 1.807) is 0 Å². The Bertz CT molecular complexity index is 612. The second-order valence-electron chi connectivity index (χ2n) is 5.84. The summed E-state index contributed by atoms with van der Waals surface area (Å²) in [5.41, 5.74) is 4.36. The summed E-state index contributed by atoms with van der Waals surface area (Å²) in [6.07, 6.45) is 1.33. The summed E-state index contributed by atoms with van der Waals surface area (Å²) in [4.78, 5) is 2.07. The number of halogens is 1. The largest absolute Gasteiger partial charge is 0.363 e. The molecule has 4 heteroatoms. The standard InChI is InChI=1S/C16H20FN3/c1-11(2)16-15(19-8-13(17)9-19)10-20(18-16)14-6-4-5-12(3)7-14/h4-7,10-11,13H,8-9H2,1-3H3. The van der Waals surface area contributed by atoms with Crippen LogP contribution in [0.5, 0.6) is 0 Å². The Labute approximate surface area is 119 Å². The molecule has 3 rings (SSSR count). The van der Waals surface area contributed by atoms with Crippen LogP contribution in [0.4, 0.5) is 10.1 Å². The molecule has 1 aromatic heterocycles. The highest BCUT2D eigenvalue weighted by Gasteiger charge is 2.30. The molecule has 0 saturated carbocycles. The van der Waals surface area contributed by atoms with Crippen molar-refractivity contribution in [2.24, 2.45) is 0 Å². The maximum absolute atomic E-state index is 13.1. The molecular formula is C16H20FN3. The molecule has 2 heterocycles. The SMILES string of the molecule is Cc1cccc(-n2cc(N3CC(F)C3)c(C(C)C)n2)c1. The molecule has 0 spiro atoms. The van der Waals surface area contributed by atoms with Gasteiger partial charge in [0.25, 0.3) is 0 Å². The number of hydrogen-bond donors (Lipinski definition) is 0. The van der Waals surface area contributed by atoms with E-state index in [4.69, 9.17) is 5.10 Å². The van der Waals surface area contributed by atoms with Crippen LogP contribution in [0.3, 0.4) is 0 Å². The second kappa shape index (κ2) is 4.93. The van der Waals surface area contributed by atoms with Crippen LogP contribution in [-0.2, 0) is 0 Å². The first kappa shape index (κ1) is 13.2. The fourth-order valence-corrected chi connectivity index (χ4v) is 2.56. The Hall–Kier alpha value is -1.84. The molecule has 106 valence electrons. The van der Waals surface area contributed by atoms with Gasteiger partial charge in [-0.1, -0.05) is 26.0 Å². The van der Waals surface area contributed by atoms with Crippen LogP contribution in [0.2, 0.25) is 0 Å². The summed E-state index contributed by atoms with van der Waals surface area (Å²) in [7, 11) is 0. The normalized spacial score (nSPS) is 15.8. The fourth-order valence-electron chi connectivity index (χ4n) is 2.56. The van der Waals surface area contributed by atoms with Gasteiger partial charge < -0.3 is 4.90 Å². The first-order chi connectivity index (χ1) is 9.54. The molecule has 0 amide bonds. The van der Waals surface area contributed by atoms with Crippen molar-refractivity contribution in [1.29, 1.82) is 0 Å². The minimum absolute atomic E-state index is 0.328. The predicted octanol–water partition coefficient (Wildman–Crippen LogP) is 3.46. The zero-order valence-corrected chi connectivity index (χ0v) is 12.2. The van der Waals surface area contributed by atoms with Crippen LogP contribution in [0.1, 0.15) is 31.0 Å². The minimum atomic E-state index is -0.697. The second-order valence-corrected chi connectivity index (χ2v) is 5.84. The van der Waals surface area contributed by atoms with Crippen LogP contribution in [0.15, 0.2) is 30.5 Å². The summed E-state index contributed by atoms with van der Waals surface area (Å²) >= 11 is 0. The highest BCUT2D eigenvalue weighted by Crippen LogP contribution is 2.31. The van der Waals surface area contributed by atoms with E-state index in [2.05, 4.69) is 37.8 Å². The van der Waals surface area contributed by atoms with E-state index in [-0.39, 0.29) is 0 Å². The Balaban J connectivity index is 1.99. The van der Waals surface area contributed by atoms with Crippen molar-refractivity contribution in [3.05, 3.63) is 41.7 Å². The zero-order chi connectivity index (χ0) is 14.3. The van der Waals surface area contributed by atoms with Gasteiger partial charge >= 0.3 is 0 Å². The van der Waals surface area contributed by atoms with Crippen molar-refractivity contribution in [3.63, 3.8) is 0 Å². The Kier molecular flexibility index (Phi) is 3.24. The Morgan fingerprint density at radius 3 is 2.65 bits per heavy atom. The lowest BCUT2D eigenvalue weighted by Crippen LogP contribution is -2.48. The van der Waals surface area contributed by atoms with Gasteiger partial charge in [-0.2, -0.15) is 5.10 Å². The minimum Gasteiger partial charge on any atom is -0.363 e. The average Bonchev–Trinajstić information content (AvgIpc) is 2.79. The molecule has 0 bridgehead atoms. The lowest BCUT2D eigenvalue weighted by molar-refractivity contribution is 0.274. The monoisotopic (exact) mass is 273 g/mol. The molecule has 0 N–H and O–H groups in total. The van der Waals surface area contributed by atoms with Crippen molar-refractivity contribution in [2.45, 2.75) is 32.9 Å². The molecule has 0 radical (unpaired) electrons. The number of anilines is 1. The van der Waals surface area contributed by atoms with E-state index in [1.165, 1.54) is 5.56 Å². The Morgan fingerprint density at radius 2 is 2.05 bits per heavy atom. The van der Waals surface area contributed by atoms with E-state index in [9.17, 15) is 4.39 Å². The molecule has 1 aliphatic heterocycles. The van der Waals surface area contributed by atoms with Crippen molar-refractivity contribution >= 4 is 5.69 Å². The average molecular weight is 273 g/mol. The number of aryl methyl sites for hydroxylation is 1. The number of hydrogen-bond acceptors (Lipinski definition) is 2. The van der Waals surface area contributed by atoms with E-state index >= 15 is 0 Å². The molecule has 0 atom stereocenters. The number of benzene rings is 1. The summed E-state index contributed by atoms with van der Waals surface area (Å²) in [5.74, 6) is 0.328. The summed E-state index contributed by atoms with van der Waals surface area (Å²) < 4.78 is 15.0. The molecule has 0 aliphatic carbocycles. The van der Waals surface area contributed by atoms with Gasteiger partial charge in [0.2, 0.25) is 0 Å². The van der Waals surface area contributed by atoms with Gasteiger partial charge in [-0.3, -0.25) is 0 Å². The summed E-state index contributed by atoms with van der Waals surface area (Å²) in [6, 6.07) is 8.25. The van der Waals surface area contributed by atoms with Gasteiger partial charge in [0.15, 0.2) is 0 Å². The number of rotatable bonds is 3. The smallest absolute Gasteiger partial charge is 0.135 e. The van der Waals surface area contributed by atoms with Crippen LogP contribution in [-0.4, -0.2) is 29.0 Å². The van der Waals surface area contributed by atoms with Crippen molar-refractivity contribution < 1.29 is 4.39 Å². The third kappa shape index (κ3) is 2.30.